The summed E-state index contributed by atoms with van der Waals surface area (Å²) < 4.78 is 2.07. The van der Waals surface area contributed by atoms with Crippen molar-refractivity contribution in [1.82, 2.24) is 14.3 Å². The third kappa shape index (κ3) is 5.70. The minimum Gasteiger partial charge on any atom is -0.368 e. The average molecular weight is 380 g/mol. The fourth-order valence-electron chi connectivity index (χ4n) is 2.59. The summed E-state index contributed by atoms with van der Waals surface area (Å²) in [7, 11) is 4.07. The second kappa shape index (κ2) is 8.88. The predicted molar refractivity (Wildman–Crippen MR) is 115 cm³/mol. The Labute approximate surface area is 165 Å². The topological polar surface area (TPSA) is 53.1 Å². The SMILES string of the molecule is CC(C)Nc1cc(Nc2cccc(SN(C)C)c2)nc(-c2ccccc2)n1. The van der Waals surface area contributed by atoms with Gasteiger partial charge in [0.15, 0.2) is 5.82 Å². The molecule has 140 valence electrons. The van der Waals surface area contributed by atoms with Crippen molar-refractivity contribution in [3.05, 3.63) is 60.7 Å². The van der Waals surface area contributed by atoms with E-state index < -0.39 is 0 Å². The highest BCUT2D eigenvalue weighted by Crippen LogP contribution is 2.26. The van der Waals surface area contributed by atoms with Gasteiger partial charge in [-0.1, -0.05) is 36.4 Å². The Kier molecular flexibility index (Phi) is 6.32. The third-order valence-electron chi connectivity index (χ3n) is 3.59. The van der Waals surface area contributed by atoms with Crippen molar-refractivity contribution in [2.45, 2.75) is 24.8 Å². The molecule has 3 rings (SSSR count). The van der Waals surface area contributed by atoms with Crippen molar-refractivity contribution in [2.75, 3.05) is 24.7 Å². The fraction of sp³-hybridized carbons (Fsp3) is 0.238. The summed E-state index contributed by atoms with van der Waals surface area (Å²) in [5, 5.41) is 6.80. The summed E-state index contributed by atoms with van der Waals surface area (Å²) in [4.78, 5) is 10.6. The Morgan fingerprint density at radius 1 is 0.889 bits per heavy atom. The van der Waals surface area contributed by atoms with Crippen molar-refractivity contribution in [2.24, 2.45) is 0 Å². The molecule has 0 fully saturated rings. The zero-order valence-corrected chi connectivity index (χ0v) is 16.9. The van der Waals surface area contributed by atoms with E-state index in [1.807, 2.05) is 62.6 Å². The molecule has 5 nitrogen and oxygen atoms in total. The van der Waals surface area contributed by atoms with Gasteiger partial charge in [0.2, 0.25) is 0 Å². The molecule has 0 aliphatic carbocycles. The van der Waals surface area contributed by atoms with Gasteiger partial charge >= 0.3 is 0 Å². The number of aromatic nitrogens is 2. The van der Waals surface area contributed by atoms with Gasteiger partial charge in [-0.2, -0.15) is 0 Å². The molecule has 0 saturated carbocycles. The molecule has 0 spiro atoms. The van der Waals surface area contributed by atoms with Gasteiger partial charge in [-0.3, -0.25) is 4.31 Å². The summed E-state index contributed by atoms with van der Waals surface area (Å²) in [6.45, 7) is 4.19. The number of benzene rings is 2. The van der Waals surface area contributed by atoms with Crippen LogP contribution in [0.25, 0.3) is 11.4 Å². The Morgan fingerprint density at radius 2 is 1.63 bits per heavy atom. The van der Waals surface area contributed by atoms with Crippen LogP contribution in [0.5, 0.6) is 0 Å². The number of hydrogen-bond acceptors (Lipinski definition) is 6. The van der Waals surface area contributed by atoms with E-state index in [2.05, 4.69) is 45.9 Å². The Hall–Kier alpha value is -2.57. The molecule has 1 aromatic heterocycles. The van der Waals surface area contributed by atoms with Gasteiger partial charge in [0.05, 0.1) is 0 Å². The highest BCUT2D eigenvalue weighted by Gasteiger charge is 2.09. The van der Waals surface area contributed by atoms with Crippen LogP contribution in [0.3, 0.4) is 0 Å². The van der Waals surface area contributed by atoms with Gasteiger partial charge < -0.3 is 10.6 Å². The third-order valence-corrected chi connectivity index (χ3v) is 4.42. The van der Waals surface area contributed by atoms with Gasteiger partial charge in [0.1, 0.15) is 11.6 Å². The summed E-state index contributed by atoms with van der Waals surface area (Å²) in [5.41, 5.74) is 1.99. The molecular weight excluding hydrogens is 354 g/mol. The molecule has 2 aromatic carbocycles. The van der Waals surface area contributed by atoms with E-state index >= 15 is 0 Å². The van der Waals surface area contributed by atoms with E-state index in [-0.39, 0.29) is 6.04 Å². The summed E-state index contributed by atoms with van der Waals surface area (Å²) in [6.07, 6.45) is 0. The second-order valence-corrected chi connectivity index (χ2v) is 8.07. The summed E-state index contributed by atoms with van der Waals surface area (Å²) >= 11 is 1.68. The molecule has 0 unspecified atom stereocenters. The van der Waals surface area contributed by atoms with Crippen molar-refractivity contribution < 1.29 is 0 Å². The zero-order chi connectivity index (χ0) is 19.2. The summed E-state index contributed by atoms with van der Waals surface area (Å²) in [5.74, 6) is 2.27. The molecule has 0 amide bonds. The number of nitrogens with one attached hydrogen (secondary N) is 2. The first-order valence-corrected chi connectivity index (χ1v) is 9.70. The molecule has 6 heteroatoms. The van der Waals surface area contributed by atoms with Crippen LogP contribution in [-0.4, -0.2) is 34.4 Å². The smallest absolute Gasteiger partial charge is 0.163 e. The van der Waals surface area contributed by atoms with E-state index in [1.165, 1.54) is 4.90 Å². The normalized spacial score (nSPS) is 11.0. The lowest BCUT2D eigenvalue weighted by atomic mass is 10.2. The van der Waals surface area contributed by atoms with Crippen LogP contribution in [0.4, 0.5) is 17.3 Å². The Balaban J connectivity index is 1.92. The van der Waals surface area contributed by atoms with Crippen LogP contribution in [0, 0.1) is 0 Å². The van der Waals surface area contributed by atoms with E-state index in [0.29, 0.717) is 5.82 Å². The van der Waals surface area contributed by atoms with E-state index in [0.717, 1.165) is 22.9 Å². The summed E-state index contributed by atoms with van der Waals surface area (Å²) in [6, 6.07) is 20.6. The van der Waals surface area contributed by atoms with Crippen molar-refractivity contribution in [3.63, 3.8) is 0 Å². The van der Waals surface area contributed by atoms with Crippen LogP contribution in [-0.2, 0) is 0 Å². The van der Waals surface area contributed by atoms with Gasteiger partial charge in [-0.15, -0.1) is 0 Å². The van der Waals surface area contributed by atoms with Gasteiger partial charge in [-0.25, -0.2) is 9.97 Å². The lowest BCUT2D eigenvalue weighted by molar-refractivity contribution is 0.703. The standard InChI is InChI=1S/C21H25N5S/c1-15(2)22-19-14-20(25-21(24-19)16-9-6-5-7-10-16)23-17-11-8-12-18(13-17)27-26(3)4/h5-15H,1-4H3,(H2,22,23,24,25). The molecule has 27 heavy (non-hydrogen) atoms. The molecule has 0 bridgehead atoms. The van der Waals surface area contributed by atoms with Crippen molar-refractivity contribution in [1.29, 1.82) is 0 Å². The molecule has 0 saturated heterocycles. The van der Waals surface area contributed by atoms with Gasteiger partial charge in [0, 0.05) is 28.3 Å². The second-order valence-electron chi connectivity index (χ2n) is 6.68. The Bertz CT molecular complexity index is 881. The maximum Gasteiger partial charge on any atom is 0.163 e. The van der Waals surface area contributed by atoms with Crippen LogP contribution in [0.15, 0.2) is 65.6 Å². The van der Waals surface area contributed by atoms with Crippen LogP contribution < -0.4 is 10.6 Å². The number of hydrogen-bond donors (Lipinski definition) is 2. The average Bonchev–Trinajstić information content (AvgIpc) is 2.61. The zero-order valence-electron chi connectivity index (χ0n) is 16.1. The molecule has 0 aliphatic rings. The highest BCUT2D eigenvalue weighted by molar-refractivity contribution is 7.97. The first-order chi connectivity index (χ1) is 13.0. The molecule has 0 radical (unpaired) electrons. The molecule has 1 heterocycles. The van der Waals surface area contributed by atoms with E-state index in [4.69, 9.17) is 4.98 Å². The highest BCUT2D eigenvalue weighted by atomic mass is 32.2. The lowest BCUT2D eigenvalue weighted by Gasteiger charge is -2.14. The molecule has 2 N–H and O–H groups in total. The first kappa shape index (κ1) is 19.2. The van der Waals surface area contributed by atoms with Gasteiger partial charge in [-0.05, 0) is 58.1 Å². The van der Waals surface area contributed by atoms with Crippen LogP contribution >= 0.6 is 11.9 Å². The van der Waals surface area contributed by atoms with Crippen molar-refractivity contribution >= 4 is 29.3 Å². The first-order valence-electron chi connectivity index (χ1n) is 8.93. The fourth-order valence-corrected chi connectivity index (χ4v) is 3.33. The van der Waals surface area contributed by atoms with Crippen LogP contribution in [0.1, 0.15) is 13.8 Å². The largest absolute Gasteiger partial charge is 0.368 e. The van der Waals surface area contributed by atoms with Crippen LogP contribution in [0.2, 0.25) is 0 Å². The monoisotopic (exact) mass is 379 g/mol. The molecular formula is C21H25N5S. The Morgan fingerprint density at radius 3 is 2.33 bits per heavy atom. The number of anilines is 3. The molecule has 3 aromatic rings. The number of rotatable bonds is 7. The molecule has 0 aliphatic heterocycles. The van der Waals surface area contributed by atoms with E-state index in [9.17, 15) is 0 Å². The van der Waals surface area contributed by atoms with Crippen molar-refractivity contribution in [3.8, 4) is 11.4 Å². The van der Waals surface area contributed by atoms with Gasteiger partial charge in [0.25, 0.3) is 0 Å². The maximum atomic E-state index is 4.72. The minimum absolute atomic E-state index is 0.288. The molecule has 0 atom stereocenters. The quantitative estimate of drug-likeness (QED) is 0.545. The predicted octanol–water partition coefficient (Wildman–Crippen LogP) is 5.28. The van der Waals surface area contributed by atoms with E-state index in [1.54, 1.807) is 11.9 Å². The minimum atomic E-state index is 0.288. The maximum absolute atomic E-state index is 4.72. The lowest BCUT2D eigenvalue weighted by Crippen LogP contribution is -2.12. The number of nitrogens with zero attached hydrogens (tertiary/aromatic N) is 3.